The molecule has 0 aliphatic heterocycles. The summed E-state index contributed by atoms with van der Waals surface area (Å²) in [6, 6.07) is 10.3. The van der Waals surface area contributed by atoms with Crippen molar-refractivity contribution in [2.24, 2.45) is 0 Å². The predicted octanol–water partition coefficient (Wildman–Crippen LogP) is 5.34. The molecule has 0 saturated heterocycles. The normalized spacial score (nSPS) is 11.6. The molecule has 0 aromatic heterocycles. The second-order valence-corrected chi connectivity index (χ2v) is 8.40. The molecule has 5 nitrogen and oxygen atoms in total. The largest absolute Gasteiger partial charge is 0.482 e. The third-order valence-electron chi connectivity index (χ3n) is 4.73. The van der Waals surface area contributed by atoms with Crippen molar-refractivity contribution in [1.82, 2.24) is 10.2 Å². The van der Waals surface area contributed by atoms with Crippen molar-refractivity contribution in [3.05, 3.63) is 63.3 Å². The zero-order valence-corrected chi connectivity index (χ0v) is 20.0. The highest BCUT2D eigenvalue weighted by molar-refractivity contribution is 9.10. The van der Waals surface area contributed by atoms with E-state index < -0.39 is 6.04 Å². The van der Waals surface area contributed by atoms with Gasteiger partial charge in [0.2, 0.25) is 5.91 Å². The highest BCUT2D eigenvalue weighted by Crippen LogP contribution is 2.27. The van der Waals surface area contributed by atoms with Crippen LogP contribution >= 0.6 is 27.5 Å². The quantitative estimate of drug-likeness (QED) is 0.412. The molecule has 0 unspecified atom stereocenters. The van der Waals surface area contributed by atoms with Crippen LogP contribution in [0.1, 0.15) is 38.7 Å². The molecule has 0 aliphatic rings. The zero-order valence-electron chi connectivity index (χ0n) is 17.7. The lowest BCUT2D eigenvalue weighted by Crippen LogP contribution is -2.50. The molecule has 8 heteroatoms. The zero-order chi connectivity index (χ0) is 22.8. The van der Waals surface area contributed by atoms with Crippen LogP contribution in [0.25, 0.3) is 0 Å². The Morgan fingerprint density at radius 3 is 2.52 bits per heavy atom. The summed E-state index contributed by atoms with van der Waals surface area (Å²) < 4.78 is 19.7. The minimum atomic E-state index is -0.668. The van der Waals surface area contributed by atoms with E-state index in [2.05, 4.69) is 21.2 Å². The van der Waals surface area contributed by atoms with E-state index in [-0.39, 0.29) is 30.8 Å². The summed E-state index contributed by atoms with van der Waals surface area (Å²) in [5.41, 5.74) is 0.719. The van der Waals surface area contributed by atoms with Crippen LogP contribution in [0.4, 0.5) is 4.39 Å². The Labute approximate surface area is 196 Å². The molecule has 2 aromatic carbocycles. The van der Waals surface area contributed by atoms with E-state index in [1.165, 1.54) is 17.0 Å². The number of amides is 2. The number of ether oxygens (including phenoxy) is 1. The first-order valence-electron chi connectivity index (χ1n) is 10.2. The van der Waals surface area contributed by atoms with Crippen LogP contribution in [0.3, 0.4) is 0 Å². The van der Waals surface area contributed by atoms with E-state index >= 15 is 0 Å². The fourth-order valence-electron chi connectivity index (χ4n) is 3.03. The molecule has 2 rings (SSSR count). The Kier molecular flexibility index (Phi) is 10.3. The van der Waals surface area contributed by atoms with Crippen LogP contribution in [0.5, 0.6) is 5.75 Å². The maximum atomic E-state index is 13.3. The highest BCUT2D eigenvalue weighted by Gasteiger charge is 2.29. The standard InChI is InChI=1S/C23H27BrClFN2O3/c1-3-5-12-27-23(30)20(4-2)28(14-16-6-9-18(26)10-7-16)22(29)15-31-21-11-8-17(24)13-19(21)25/h6-11,13,20H,3-5,12,14-15H2,1-2H3,(H,27,30)/t20-/m1/s1. The van der Waals surface area contributed by atoms with Crippen molar-refractivity contribution in [2.75, 3.05) is 13.2 Å². The Hall–Kier alpha value is -2.12. The van der Waals surface area contributed by atoms with Gasteiger partial charge in [-0.05, 0) is 48.7 Å². The van der Waals surface area contributed by atoms with Crippen LogP contribution in [0.15, 0.2) is 46.9 Å². The number of halogens is 3. The van der Waals surface area contributed by atoms with Crippen molar-refractivity contribution in [2.45, 2.75) is 45.7 Å². The molecule has 2 amide bonds. The average Bonchev–Trinajstić information content (AvgIpc) is 2.74. The van der Waals surface area contributed by atoms with Crippen molar-refractivity contribution in [1.29, 1.82) is 0 Å². The number of nitrogens with zero attached hydrogens (tertiary/aromatic N) is 1. The van der Waals surface area contributed by atoms with E-state index in [4.69, 9.17) is 16.3 Å². The molecule has 31 heavy (non-hydrogen) atoms. The molecule has 0 heterocycles. The first-order chi connectivity index (χ1) is 14.8. The van der Waals surface area contributed by atoms with Gasteiger partial charge in [0.25, 0.3) is 5.91 Å². The maximum absolute atomic E-state index is 13.3. The third-order valence-corrected chi connectivity index (χ3v) is 5.52. The van der Waals surface area contributed by atoms with Gasteiger partial charge in [-0.15, -0.1) is 0 Å². The smallest absolute Gasteiger partial charge is 0.261 e. The van der Waals surface area contributed by atoms with Gasteiger partial charge in [-0.25, -0.2) is 4.39 Å². The molecule has 0 aliphatic carbocycles. The van der Waals surface area contributed by atoms with Gasteiger partial charge in [0.15, 0.2) is 6.61 Å². The number of rotatable bonds is 11. The Morgan fingerprint density at radius 1 is 1.19 bits per heavy atom. The predicted molar refractivity (Wildman–Crippen MR) is 124 cm³/mol. The van der Waals surface area contributed by atoms with E-state index in [1.807, 2.05) is 13.8 Å². The summed E-state index contributed by atoms with van der Waals surface area (Å²) in [7, 11) is 0. The van der Waals surface area contributed by atoms with Crippen molar-refractivity contribution in [3.8, 4) is 5.75 Å². The van der Waals surface area contributed by atoms with Gasteiger partial charge in [0, 0.05) is 17.6 Å². The molecule has 0 saturated carbocycles. The van der Waals surface area contributed by atoms with Gasteiger partial charge in [0.05, 0.1) is 5.02 Å². The van der Waals surface area contributed by atoms with E-state index in [9.17, 15) is 14.0 Å². The highest BCUT2D eigenvalue weighted by atomic mass is 79.9. The van der Waals surface area contributed by atoms with E-state index in [0.717, 1.165) is 22.9 Å². The average molecular weight is 514 g/mol. The second kappa shape index (κ2) is 12.7. The first kappa shape index (κ1) is 25.1. The fourth-order valence-corrected chi connectivity index (χ4v) is 3.75. The van der Waals surface area contributed by atoms with Gasteiger partial charge in [0.1, 0.15) is 17.6 Å². The lowest BCUT2D eigenvalue weighted by molar-refractivity contribution is -0.143. The van der Waals surface area contributed by atoms with Crippen molar-refractivity contribution in [3.63, 3.8) is 0 Å². The fraction of sp³-hybridized carbons (Fsp3) is 0.391. The van der Waals surface area contributed by atoms with Crippen molar-refractivity contribution < 1.29 is 18.7 Å². The molecule has 0 bridgehead atoms. The van der Waals surface area contributed by atoms with Gasteiger partial charge in [-0.1, -0.05) is 59.9 Å². The molecular formula is C23H27BrClFN2O3. The minimum absolute atomic E-state index is 0.163. The van der Waals surface area contributed by atoms with Crippen LogP contribution in [0, 0.1) is 5.82 Å². The Balaban J connectivity index is 2.18. The number of carbonyl (C=O) groups excluding carboxylic acids is 2. The molecule has 0 spiro atoms. The van der Waals surface area contributed by atoms with Gasteiger partial charge >= 0.3 is 0 Å². The van der Waals surface area contributed by atoms with Crippen LogP contribution in [0.2, 0.25) is 5.02 Å². The Morgan fingerprint density at radius 2 is 1.90 bits per heavy atom. The van der Waals surface area contributed by atoms with Crippen LogP contribution in [-0.2, 0) is 16.1 Å². The van der Waals surface area contributed by atoms with E-state index in [1.54, 1.807) is 30.3 Å². The lowest BCUT2D eigenvalue weighted by atomic mass is 10.1. The monoisotopic (exact) mass is 512 g/mol. The van der Waals surface area contributed by atoms with Gasteiger partial charge in [-0.3, -0.25) is 9.59 Å². The van der Waals surface area contributed by atoms with Crippen LogP contribution < -0.4 is 10.1 Å². The second-order valence-electron chi connectivity index (χ2n) is 7.08. The molecule has 0 fully saturated rings. The lowest BCUT2D eigenvalue weighted by Gasteiger charge is -2.30. The molecule has 1 N–H and O–H groups in total. The van der Waals surface area contributed by atoms with Crippen LogP contribution in [-0.4, -0.2) is 35.9 Å². The molecule has 168 valence electrons. The number of benzene rings is 2. The number of hydrogen-bond acceptors (Lipinski definition) is 3. The van der Waals surface area contributed by atoms with Gasteiger partial charge in [-0.2, -0.15) is 0 Å². The van der Waals surface area contributed by atoms with E-state index in [0.29, 0.717) is 23.7 Å². The number of nitrogens with one attached hydrogen (secondary N) is 1. The number of hydrogen-bond donors (Lipinski definition) is 1. The first-order valence-corrected chi connectivity index (χ1v) is 11.4. The molecule has 2 aromatic rings. The summed E-state index contributed by atoms with van der Waals surface area (Å²) in [4.78, 5) is 27.3. The summed E-state index contributed by atoms with van der Waals surface area (Å²) in [6.45, 7) is 4.33. The van der Waals surface area contributed by atoms with Gasteiger partial charge < -0.3 is 15.0 Å². The molecule has 1 atom stereocenters. The van der Waals surface area contributed by atoms with Crippen molar-refractivity contribution >= 4 is 39.3 Å². The third kappa shape index (κ3) is 7.82. The number of carbonyl (C=O) groups is 2. The maximum Gasteiger partial charge on any atom is 0.261 e. The minimum Gasteiger partial charge on any atom is -0.482 e. The summed E-state index contributed by atoms with van der Waals surface area (Å²) in [6.07, 6.45) is 2.25. The Bertz CT molecular complexity index is 880. The SMILES string of the molecule is CCCCNC(=O)[C@@H](CC)N(Cc1ccc(F)cc1)C(=O)COc1ccc(Br)cc1Cl. The molecular weight excluding hydrogens is 487 g/mol. The summed E-state index contributed by atoms with van der Waals surface area (Å²) in [5, 5.41) is 3.27. The topological polar surface area (TPSA) is 58.6 Å². The summed E-state index contributed by atoms with van der Waals surface area (Å²) >= 11 is 9.49. The molecule has 0 radical (unpaired) electrons. The summed E-state index contributed by atoms with van der Waals surface area (Å²) in [5.74, 6) is -0.562. The number of unbranched alkanes of at least 4 members (excludes halogenated alkanes) is 1.